The highest BCUT2D eigenvalue weighted by atomic mass is 16.5. The largest absolute Gasteiger partial charge is 0.465 e. The van der Waals surface area contributed by atoms with Crippen molar-refractivity contribution in [1.82, 2.24) is 4.90 Å². The number of likely N-dealkylation sites (N-methyl/N-ethyl adjacent to an activating group) is 1. The van der Waals surface area contributed by atoms with Crippen LogP contribution in [-0.4, -0.2) is 37.1 Å². The van der Waals surface area contributed by atoms with Crippen LogP contribution in [0.25, 0.3) is 0 Å². The van der Waals surface area contributed by atoms with E-state index in [1.165, 1.54) is 32.1 Å². The number of hydrogen-bond donors (Lipinski definition) is 0. The molecule has 0 aromatic heterocycles. The summed E-state index contributed by atoms with van der Waals surface area (Å²) in [7, 11) is 2.08. The molecule has 1 atom stereocenters. The number of ether oxygens (including phenoxy) is 1. The number of carbonyl (C=O) groups is 1. The molecule has 0 radical (unpaired) electrons. The van der Waals surface area contributed by atoms with Gasteiger partial charge in [-0.1, -0.05) is 32.6 Å². The van der Waals surface area contributed by atoms with E-state index in [4.69, 9.17) is 4.74 Å². The number of esters is 1. The predicted molar refractivity (Wildman–Crippen MR) is 74.5 cm³/mol. The van der Waals surface area contributed by atoms with Gasteiger partial charge in [0.05, 0.1) is 6.61 Å². The van der Waals surface area contributed by atoms with Gasteiger partial charge in [0.1, 0.15) is 6.04 Å². The highest BCUT2D eigenvalue weighted by Gasteiger charge is 2.26. The van der Waals surface area contributed by atoms with E-state index in [-0.39, 0.29) is 12.0 Å². The monoisotopic (exact) mass is 255 g/mol. The molecule has 1 fully saturated rings. The second-order valence-electron chi connectivity index (χ2n) is 5.50. The van der Waals surface area contributed by atoms with Crippen LogP contribution in [0.1, 0.15) is 58.8 Å². The molecule has 18 heavy (non-hydrogen) atoms. The summed E-state index contributed by atoms with van der Waals surface area (Å²) in [5.74, 6) is 0.732. The van der Waals surface area contributed by atoms with E-state index in [2.05, 4.69) is 18.9 Å². The van der Waals surface area contributed by atoms with Gasteiger partial charge in [-0.3, -0.25) is 9.69 Å². The molecule has 0 heterocycles. The van der Waals surface area contributed by atoms with Crippen LogP contribution in [0.15, 0.2) is 0 Å². The van der Waals surface area contributed by atoms with Crippen LogP contribution >= 0.6 is 0 Å². The van der Waals surface area contributed by atoms with Crippen molar-refractivity contribution in [2.24, 2.45) is 5.92 Å². The Kier molecular flexibility index (Phi) is 7.33. The Labute approximate surface area is 112 Å². The van der Waals surface area contributed by atoms with Gasteiger partial charge in [-0.15, -0.1) is 0 Å². The molecule has 0 N–H and O–H groups in total. The fourth-order valence-electron chi connectivity index (χ4n) is 2.93. The molecule has 1 unspecified atom stereocenters. The van der Waals surface area contributed by atoms with Gasteiger partial charge < -0.3 is 4.74 Å². The molecule has 0 amide bonds. The van der Waals surface area contributed by atoms with Gasteiger partial charge in [-0.05, 0) is 39.2 Å². The van der Waals surface area contributed by atoms with Crippen molar-refractivity contribution < 1.29 is 9.53 Å². The molecule has 0 spiro atoms. The lowest BCUT2D eigenvalue weighted by Crippen LogP contribution is -2.42. The van der Waals surface area contributed by atoms with Crippen LogP contribution in [0, 0.1) is 5.92 Å². The highest BCUT2D eigenvalue weighted by molar-refractivity contribution is 5.75. The molecule has 0 aliphatic heterocycles. The molecule has 0 saturated heterocycles. The molecule has 0 bridgehead atoms. The summed E-state index contributed by atoms with van der Waals surface area (Å²) in [5, 5.41) is 0. The molecular formula is C15H29NO2. The maximum Gasteiger partial charge on any atom is 0.323 e. The lowest BCUT2D eigenvalue weighted by molar-refractivity contribution is -0.149. The molecule has 1 aliphatic rings. The minimum absolute atomic E-state index is 0.0438. The fraction of sp³-hybridized carbons (Fsp3) is 0.933. The van der Waals surface area contributed by atoms with Crippen molar-refractivity contribution in [3.8, 4) is 0 Å². The van der Waals surface area contributed by atoms with Crippen molar-refractivity contribution in [3.05, 3.63) is 0 Å². The number of carbonyl (C=O) groups excluding carboxylic acids is 1. The van der Waals surface area contributed by atoms with Crippen LogP contribution in [0.5, 0.6) is 0 Å². The Hall–Kier alpha value is -0.570. The Morgan fingerprint density at radius 2 is 1.94 bits per heavy atom. The summed E-state index contributed by atoms with van der Waals surface area (Å²) in [6.07, 6.45) is 8.68. The molecule has 1 saturated carbocycles. The number of rotatable bonds is 7. The van der Waals surface area contributed by atoms with Crippen molar-refractivity contribution >= 4 is 5.97 Å². The van der Waals surface area contributed by atoms with Gasteiger partial charge in [-0.2, -0.15) is 0 Å². The SMILES string of the molecule is CCCC(C(=O)OCC)N(C)CC1CCCCC1. The van der Waals surface area contributed by atoms with Crippen LogP contribution in [-0.2, 0) is 9.53 Å². The topological polar surface area (TPSA) is 29.5 Å². The molecule has 3 heteroatoms. The standard InChI is InChI=1S/C15H29NO2/c1-4-9-14(15(17)18-5-2)16(3)12-13-10-7-6-8-11-13/h13-14H,4-12H2,1-3H3. The fourth-order valence-corrected chi connectivity index (χ4v) is 2.93. The van der Waals surface area contributed by atoms with Gasteiger partial charge in [-0.25, -0.2) is 0 Å². The summed E-state index contributed by atoms with van der Waals surface area (Å²) in [6, 6.07) is -0.0446. The molecule has 3 nitrogen and oxygen atoms in total. The van der Waals surface area contributed by atoms with E-state index in [0.717, 1.165) is 25.3 Å². The predicted octanol–water partition coefficient (Wildman–Crippen LogP) is 3.23. The van der Waals surface area contributed by atoms with Crippen molar-refractivity contribution in [1.29, 1.82) is 0 Å². The first-order valence-electron chi connectivity index (χ1n) is 7.55. The van der Waals surface area contributed by atoms with Crippen LogP contribution in [0.4, 0.5) is 0 Å². The Morgan fingerprint density at radius 3 is 2.50 bits per heavy atom. The Morgan fingerprint density at radius 1 is 1.28 bits per heavy atom. The van der Waals surface area contributed by atoms with Crippen LogP contribution in [0.3, 0.4) is 0 Å². The van der Waals surface area contributed by atoms with E-state index in [9.17, 15) is 4.79 Å². The zero-order valence-corrected chi connectivity index (χ0v) is 12.3. The van der Waals surface area contributed by atoms with Crippen LogP contribution in [0.2, 0.25) is 0 Å². The van der Waals surface area contributed by atoms with E-state index in [0.29, 0.717) is 6.61 Å². The van der Waals surface area contributed by atoms with E-state index >= 15 is 0 Å². The first kappa shape index (κ1) is 15.5. The number of nitrogens with zero attached hydrogens (tertiary/aromatic N) is 1. The molecule has 1 rings (SSSR count). The Balaban J connectivity index is 2.46. The molecular weight excluding hydrogens is 226 g/mol. The van der Waals surface area contributed by atoms with Gasteiger partial charge >= 0.3 is 5.97 Å². The molecule has 0 aromatic rings. The van der Waals surface area contributed by atoms with E-state index in [1.807, 2.05) is 6.92 Å². The van der Waals surface area contributed by atoms with Gasteiger partial charge in [0.2, 0.25) is 0 Å². The van der Waals surface area contributed by atoms with Gasteiger partial charge in [0.15, 0.2) is 0 Å². The third-order valence-corrected chi connectivity index (χ3v) is 3.92. The quantitative estimate of drug-likeness (QED) is 0.654. The van der Waals surface area contributed by atoms with Crippen molar-refractivity contribution in [2.75, 3.05) is 20.2 Å². The maximum atomic E-state index is 12.0. The highest BCUT2D eigenvalue weighted by Crippen LogP contribution is 2.25. The summed E-state index contributed by atoms with van der Waals surface area (Å²) in [4.78, 5) is 14.2. The van der Waals surface area contributed by atoms with Crippen molar-refractivity contribution in [2.45, 2.75) is 64.8 Å². The van der Waals surface area contributed by atoms with Gasteiger partial charge in [0, 0.05) is 6.54 Å². The van der Waals surface area contributed by atoms with Gasteiger partial charge in [0.25, 0.3) is 0 Å². The minimum atomic E-state index is -0.0446. The summed E-state index contributed by atoms with van der Waals surface area (Å²) < 4.78 is 5.19. The van der Waals surface area contributed by atoms with E-state index in [1.54, 1.807) is 0 Å². The molecule has 106 valence electrons. The smallest absolute Gasteiger partial charge is 0.323 e. The Bertz CT molecular complexity index is 237. The number of hydrogen-bond acceptors (Lipinski definition) is 3. The van der Waals surface area contributed by atoms with E-state index < -0.39 is 0 Å². The van der Waals surface area contributed by atoms with Crippen molar-refractivity contribution in [3.63, 3.8) is 0 Å². The first-order chi connectivity index (χ1) is 8.69. The second kappa shape index (κ2) is 8.52. The summed E-state index contributed by atoms with van der Waals surface area (Å²) in [5.41, 5.74) is 0. The average molecular weight is 255 g/mol. The maximum absolute atomic E-state index is 12.0. The second-order valence-corrected chi connectivity index (χ2v) is 5.50. The first-order valence-corrected chi connectivity index (χ1v) is 7.55. The molecule has 1 aliphatic carbocycles. The zero-order valence-electron chi connectivity index (χ0n) is 12.3. The third-order valence-electron chi connectivity index (χ3n) is 3.92. The normalized spacial score (nSPS) is 18.9. The lowest BCUT2D eigenvalue weighted by atomic mass is 9.88. The van der Waals surface area contributed by atoms with Crippen LogP contribution < -0.4 is 0 Å². The zero-order chi connectivity index (χ0) is 13.4. The third kappa shape index (κ3) is 4.97. The minimum Gasteiger partial charge on any atom is -0.465 e. The summed E-state index contributed by atoms with van der Waals surface area (Å²) in [6.45, 7) is 5.53. The average Bonchev–Trinajstić information content (AvgIpc) is 2.37. The lowest BCUT2D eigenvalue weighted by Gasteiger charge is -2.31. The molecule has 0 aromatic carbocycles. The summed E-state index contributed by atoms with van der Waals surface area (Å²) >= 11 is 0.